The summed E-state index contributed by atoms with van der Waals surface area (Å²) in [6, 6.07) is 2.31. The van der Waals surface area contributed by atoms with Crippen LogP contribution in [0.25, 0.3) is 0 Å². The molecule has 3 nitrogen and oxygen atoms in total. The van der Waals surface area contributed by atoms with Gasteiger partial charge in [-0.15, -0.1) is 0 Å². The molecule has 12 heavy (non-hydrogen) atoms. The van der Waals surface area contributed by atoms with Crippen LogP contribution >= 0.6 is 11.3 Å². The standard InChI is InChI=1S/C8H14N2OS/c1-11-5-8(10-9)4-7-2-3-12-6-7/h2-3,6,8,10H,4-5,9H2,1H3. The van der Waals surface area contributed by atoms with Crippen molar-refractivity contribution in [1.29, 1.82) is 0 Å². The van der Waals surface area contributed by atoms with Crippen LogP contribution in [-0.2, 0) is 11.2 Å². The molecule has 1 atom stereocenters. The zero-order valence-corrected chi connectivity index (χ0v) is 7.93. The third-order valence-corrected chi connectivity index (χ3v) is 2.40. The summed E-state index contributed by atoms with van der Waals surface area (Å²) in [6.45, 7) is 0.645. The summed E-state index contributed by atoms with van der Waals surface area (Å²) in [4.78, 5) is 0. The van der Waals surface area contributed by atoms with Gasteiger partial charge in [0.05, 0.1) is 6.61 Å². The van der Waals surface area contributed by atoms with Crippen LogP contribution in [0.3, 0.4) is 0 Å². The van der Waals surface area contributed by atoms with E-state index in [0.717, 1.165) is 6.42 Å². The van der Waals surface area contributed by atoms with Crippen LogP contribution in [0.5, 0.6) is 0 Å². The van der Waals surface area contributed by atoms with Gasteiger partial charge in [0.25, 0.3) is 0 Å². The van der Waals surface area contributed by atoms with Gasteiger partial charge in [-0.2, -0.15) is 11.3 Å². The molecule has 1 rings (SSSR count). The molecular formula is C8H14N2OS. The van der Waals surface area contributed by atoms with Crippen molar-refractivity contribution < 1.29 is 4.74 Å². The third kappa shape index (κ3) is 2.91. The van der Waals surface area contributed by atoms with Crippen LogP contribution in [0.1, 0.15) is 5.56 Å². The summed E-state index contributed by atoms with van der Waals surface area (Å²) >= 11 is 1.70. The van der Waals surface area contributed by atoms with Crippen LogP contribution in [0, 0.1) is 0 Å². The number of methoxy groups -OCH3 is 1. The molecule has 0 saturated carbocycles. The monoisotopic (exact) mass is 186 g/mol. The van der Waals surface area contributed by atoms with Crippen LogP contribution in [-0.4, -0.2) is 19.8 Å². The van der Waals surface area contributed by atoms with Crippen molar-refractivity contribution in [2.45, 2.75) is 12.5 Å². The van der Waals surface area contributed by atoms with E-state index in [0.29, 0.717) is 6.61 Å². The van der Waals surface area contributed by atoms with Gasteiger partial charge in [-0.3, -0.25) is 11.3 Å². The fourth-order valence-electron chi connectivity index (χ4n) is 1.06. The second-order valence-electron chi connectivity index (χ2n) is 2.65. The van der Waals surface area contributed by atoms with Crippen LogP contribution in [0.15, 0.2) is 16.8 Å². The SMILES string of the molecule is COCC(Cc1ccsc1)NN. The Kier molecular flexibility index (Phi) is 4.24. The molecule has 0 radical (unpaired) electrons. The molecule has 0 aliphatic rings. The quantitative estimate of drug-likeness (QED) is 0.527. The lowest BCUT2D eigenvalue weighted by Crippen LogP contribution is -2.39. The molecule has 0 saturated heterocycles. The van der Waals surface area contributed by atoms with E-state index in [9.17, 15) is 0 Å². The van der Waals surface area contributed by atoms with E-state index in [2.05, 4.69) is 22.3 Å². The average molecular weight is 186 g/mol. The minimum atomic E-state index is 0.213. The first-order chi connectivity index (χ1) is 5.86. The van der Waals surface area contributed by atoms with E-state index in [4.69, 9.17) is 10.6 Å². The van der Waals surface area contributed by atoms with Gasteiger partial charge in [-0.1, -0.05) is 0 Å². The molecular weight excluding hydrogens is 172 g/mol. The Morgan fingerprint density at radius 2 is 2.58 bits per heavy atom. The fourth-order valence-corrected chi connectivity index (χ4v) is 1.74. The van der Waals surface area contributed by atoms with Crippen molar-refractivity contribution in [2.24, 2.45) is 5.84 Å². The Balaban J connectivity index is 2.37. The molecule has 1 aromatic rings. The molecule has 1 aromatic heterocycles. The molecule has 0 aliphatic heterocycles. The molecule has 0 amide bonds. The maximum atomic E-state index is 5.35. The molecule has 3 N–H and O–H groups in total. The Morgan fingerprint density at radius 1 is 1.75 bits per heavy atom. The molecule has 0 bridgehead atoms. The van der Waals surface area contributed by atoms with Crippen molar-refractivity contribution >= 4 is 11.3 Å². The van der Waals surface area contributed by atoms with Gasteiger partial charge < -0.3 is 4.74 Å². The molecule has 1 unspecified atom stereocenters. The van der Waals surface area contributed by atoms with E-state index >= 15 is 0 Å². The number of hydrogen-bond acceptors (Lipinski definition) is 4. The van der Waals surface area contributed by atoms with E-state index in [1.807, 2.05) is 0 Å². The molecule has 0 spiro atoms. The second kappa shape index (κ2) is 5.27. The lowest BCUT2D eigenvalue weighted by molar-refractivity contribution is 0.166. The van der Waals surface area contributed by atoms with Crippen molar-refractivity contribution in [2.75, 3.05) is 13.7 Å². The summed E-state index contributed by atoms with van der Waals surface area (Å²) in [7, 11) is 1.68. The predicted molar refractivity (Wildman–Crippen MR) is 51.0 cm³/mol. The topological polar surface area (TPSA) is 47.3 Å². The molecule has 1 heterocycles. The Hall–Kier alpha value is -0.420. The molecule has 0 fully saturated rings. The summed E-state index contributed by atoms with van der Waals surface area (Å²) in [6.07, 6.45) is 0.924. The number of nitrogens with two attached hydrogens (primary N) is 1. The Labute approximate surface area is 76.5 Å². The van der Waals surface area contributed by atoms with Crippen LogP contribution in [0.4, 0.5) is 0 Å². The van der Waals surface area contributed by atoms with Gasteiger partial charge in [0.15, 0.2) is 0 Å². The van der Waals surface area contributed by atoms with Crippen molar-refractivity contribution in [3.63, 3.8) is 0 Å². The first-order valence-electron chi connectivity index (χ1n) is 3.83. The van der Waals surface area contributed by atoms with E-state index in [1.54, 1.807) is 18.4 Å². The van der Waals surface area contributed by atoms with Crippen molar-refractivity contribution in [3.8, 4) is 0 Å². The van der Waals surface area contributed by atoms with Crippen molar-refractivity contribution in [3.05, 3.63) is 22.4 Å². The van der Waals surface area contributed by atoms with Gasteiger partial charge >= 0.3 is 0 Å². The first-order valence-corrected chi connectivity index (χ1v) is 4.77. The van der Waals surface area contributed by atoms with Gasteiger partial charge in [0.1, 0.15) is 0 Å². The maximum Gasteiger partial charge on any atom is 0.0632 e. The number of rotatable bonds is 5. The molecule has 0 aromatic carbocycles. The van der Waals surface area contributed by atoms with Gasteiger partial charge in [-0.25, -0.2) is 0 Å². The summed E-state index contributed by atoms with van der Waals surface area (Å²) in [5.74, 6) is 5.35. The zero-order chi connectivity index (χ0) is 8.81. The average Bonchev–Trinajstić information content (AvgIpc) is 2.56. The number of thiophene rings is 1. The third-order valence-electron chi connectivity index (χ3n) is 1.67. The number of hydrogen-bond donors (Lipinski definition) is 2. The number of ether oxygens (including phenoxy) is 1. The van der Waals surface area contributed by atoms with Crippen molar-refractivity contribution in [1.82, 2.24) is 5.43 Å². The smallest absolute Gasteiger partial charge is 0.0632 e. The predicted octanol–water partition coefficient (Wildman–Crippen LogP) is 0.769. The van der Waals surface area contributed by atoms with Gasteiger partial charge in [-0.05, 0) is 28.8 Å². The minimum Gasteiger partial charge on any atom is -0.383 e. The number of nitrogens with one attached hydrogen (secondary N) is 1. The highest BCUT2D eigenvalue weighted by molar-refractivity contribution is 7.07. The van der Waals surface area contributed by atoms with Crippen LogP contribution < -0.4 is 11.3 Å². The highest BCUT2D eigenvalue weighted by atomic mass is 32.1. The lowest BCUT2D eigenvalue weighted by Gasteiger charge is -2.13. The van der Waals surface area contributed by atoms with Gasteiger partial charge in [0.2, 0.25) is 0 Å². The van der Waals surface area contributed by atoms with Gasteiger partial charge in [0, 0.05) is 13.2 Å². The summed E-state index contributed by atoms with van der Waals surface area (Å²) in [5.41, 5.74) is 4.03. The molecule has 0 aliphatic carbocycles. The largest absolute Gasteiger partial charge is 0.383 e. The van der Waals surface area contributed by atoms with E-state index in [-0.39, 0.29) is 6.04 Å². The maximum absolute atomic E-state index is 5.35. The fraction of sp³-hybridized carbons (Fsp3) is 0.500. The van der Waals surface area contributed by atoms with E-state index in [1.165, 1.54) is 5.56 Å². The summed E-state index contributed by atoms with van der Waals surface area (Å²) in [5, 5.41) is 4.19. The highest BCUT2D eigenvalue weighted by Gasteiger charge is 2.06. The Morgan fingerprint density at radius 3 is 3.08 bits per heavy atom. The zero-order valence-electron chi connectivity index (χ0n) is 7.12. The normalized spacial score (nSPS) is 13.2. The second-order valence-corrected chi connectivity index (χ2v) is 3.43. The lowest BCUT2D eigenvalue weighted by atomic mass is 10.1. The molecule has 4 heteroatoms. The molecule has 68 valence electrons. The summed E-state index contributed by atoms with van der Waals surface area (Å²) < 4.78 is 5.00. The minimum absolute atomic E-state index is 0.213. The van der Waals surface area contributed by atoms with Crippen LogP contribution in [0.2, 0.25) is 0 Å². The highest BCUT2D eigenvalue weighted by Crippen LogP contribution is 2.08. The first kappa shape index (κ1) is 9.67. The Bertz CT molecular complexity index is 201. The number of hydrazine groups is 1. The van der Waals surface area contributed by atoms with E-state index < -0.39 is 0 Å².